The van der Waals surface area contributed by atoms with Crippen LogP contribution in [0.2, 0.25) is 0 Å². The number of nitriles is 1. The van der Waals surface area contributed by atoms with E-state index >= 15 is 0 Å². The maximum atomic E-state index is 11.6. The maximum Gasteiger partial charge on any atom is 0.221 e. The second-order valence-corrected chi connectivity index (χ2v) is 7.19. The summed E-state index contributed by atoms with van der Waals surface area (Å²) in [5.41, 5.74) is 3.98. The summed E-state index contributed by atoms with van der Waals surface area (Å²) in [7, 11) is 1.61. The van der Waals surface area contributed by atoms with Gasteiger partial charge in [-0.2, -0.15) is 5.26 Å². The van der Waals surface area contributed by atoms with Crippen molar-refractivity contribution in [3.63, 3.8) is 0 Å². The van der Waals surface area contributed by atoms with Gasteiger partial charge in [0.05, 0.1) is 12.7 Å². The van der Waals surface area contributed by atoms with Crippen LogP contribution in [0, 0.1) is 18.3 Å². The Bertz CT molecular complexity index is 1060. The van der Waals surface area contributed by atoms with E-state index in [1.807, 2.05) is 55.5 Å². The summed E-state index contributed by atoms with van der Waals surface area (Å²) in [6.45, 7) is 3.47. The molecule has 0 aliphatic rings. The molecule has 0 atom stereocenters. The summed E-state index contributed by atoms with van der Waals surface area (Å²) in [6, 6.07) is 17.5. The number of allylic oxidation sites excluding steroid dienone is 1. The van der Waals surface area contributed by atoms with Gasteiger partial charge >= 0.3 is 0 Å². The fourth-order valence-electron chi connectivity index (χ4n) is 2.60. The summed E-state index contributed by atoms with van der Waals surface area (Å²) >= 11 is 1.29. The molecule has 1 aromatic heterocycles. The standard InChI is InChI=1S/C22H19N3O2S/c1-14-4-8-17(9-5-14)20-22(24-15(2)26)28-21(25-20)18(13-23)12-16-6-10-19(27-3)11-7-16/h4-12H,1-3H3,(H,24,26)/b18-12+. The number of hydrogen-bond acceptors (Lipinski definition) is 5. The van der Waals surface area contributed by atoms with Crippen molar-refractivity contribution in [2.45, 2.75) is 13.8 Å². The minimum Gasteiger partial charge on any atom is -0.497 e. The van der Waals surface area contributed by atoms with Crippen molar-refractivity contribution in [3.05, 3.63) is 64.7 Å². The van der Waals surface area contributed by atoms with Crippen molar-refractivity contribution in [2.75, 3.05) is 12.4 Å². The number of aryl methyl sites for hydroxylation is 1. The van der Waals surface area contributed by atoms with Gasteiger partial charge in [-0.15, -0.1) is 0 Å². The minimum atomic E-state index is -0.179. The van der Waals surface area contributed by atoms with Crippen LogP contribution in [0.4, 0.5) is 5.00 Å². The minimum absolute atomic E-state index is 0.179. The van der Waals surface area contributed by atoms with Crippen molar-refractivity contribution in [3.8, 4) is 23.1 Å². The molecule has 140 valence electrons. The fraction of sp³-hybridized carbons (Fsp3) is 0.136. The molecule has 0 aliphatic carbocycles. The first-order valence-electron chi connectivity index (χ1n) is 8.62. The average Bonchev–Trinajstić information content (AvgIpc) is 3.10. The summed E-state index contributed by atoms with van der Waals surface area (Å²) in [5, 5.41) is 13.7. The number of aromatic nitrogens is 1. The number of methoxy groups -OCH3 is 1. The summed E-state index contributed by atoms with van der Waals surface area (Å²) in [5.74, 6) is 0.570. The maximum absolute atomic E-state index is 11.6. The Morgan fingerprint density at radius 3 is 2.43 bits per heavy atom. The number of ether oxygens (including phenoxy) is 1. The van der Waals surface area contributed by atoms with E-state index in [1.165, 1.54) is 18.3 Å². The molecular formula is C22H19N3O2S. The fourth-order valence-corrected chi connectivity index (χ4v) is 3.60. The van der Waals surface area contributed by atoms with Crippen molar-refractivity contribution in [2.24, 2.45) is 0 Å². The number of benzene rings is 2. The van der Waals surface area contributed by atoms with E-state index in [2.05, 4.69) is 16.4 Å². The van der Waals surface area contributed by atoms with Crippen LogP contribution < -0.4 is 10.1 Å². The monoisotopic (exact) mass is 389 g/mol. The lowest BCUT2D eigenvalue weighted by Gasteiger charge is -2.03. The molecule has 28 heavy (non-hydrogen) atoms. The number of amides is 1. The molecule has 0 radical (unpaired) electrons. The summed E-state index contributed by atoms with van der Waals surface area (Å²) in [6.07, 6.45) is 1.77. The Hall–Kier alpha value is -3.43. The smallest absolute Gasteiger partial charge is 0.221 e. The van der Waals surface area contributed by atoms with Gasteiger partial charge in [0.25, 0.3) is 0 Å². The molecule has 0 spiro atoms. The summed E-state index contributed by atoms with van der Waals surface area (Å²) < 4.78 is 5.16. The van der Waals surface area contributed by atoms with Gasteiger partial charge in [-0.1, -0.05) is 53.3 Å². The Kier molecular flexibility index (Phi) is 5.87. The molecule has 0 saturated heterocycles. The molecule has 1 heterocycles. The lowest BCUT2D eigenvalue weighted by molar-refractivity contribution is -0.114. The number of thiazole rings is 1. The lowest BCUT2D eigenvalue weighted by Crippen LogP contribution is -2.05. The molecule has 6 heteroatoms. The van der Waals surface area contributed by atoms with Crippen LogP contribution in [0.5, 0.6) is 5.75 Å². The first kappa shape index (κ1) is 19.3. The third kappa shape index (κ3) is 4.45. The van der Waals surface area contributed by atoms with Gasteiger partial charge in [-0.25, -0.2) is 4.98 Å². The lowest BCUT2D eigenvalue weighted by atomic mass is 10.1. The molecule has 2 aromatic carbocycles. The van der Waals surface area contributed by atoms with Gasteiger partial charge in [0.2, 0.25) is 5.91 Å². The van der Waals surface area contributed by atoms with Gasteiger partial charge in [-0.05, 0) is 30.7 Å². The Morgan fingerprint density at radius 2 is 1.86 bits per heavy atom. The zero-order valence-electron chi connectivity index (χ0n) is 15.8. The highest BCUT2D eigenvalue weighted by molar-refractivity contribution is 7.17. The van der Waals surface area contributed by atoms with E-state index in [0.29, 0.717) is 21.3 Å². The van der Waals surface area contributed by atoms with Crippen molar-refractivity contribution >= 4 is 33.9 Å². The number of carbonyl (C=O) groups excluding carboxylic acids is 1. The van der Waals surface area contributed by atoms with Gasteiger partial charge in [0.1, 0.15) is 27.5 Å². The first-order valence-corrected chi connectivity index (χ1v) is 9.43. The topological polar surface area (TPSA) is 75.0 Å². The number of rotatable bonds is 5. The molecule has 0 aliphatic heterocycles. The molecule has 5 nitrogen and oxygen atoms in total. The van der Waals surface area contributed by atoms with Crippen LogP contribution in [0.25, 0.3) is 22.9 Å². The third-order valence-electron chi connectivity index (χ3n) is 4.02. The predicted molar refractivity (Wildman–Crippen MR) is 113 cm³/mol. The van der Waals surface area contributed by atoms with Gasteiger partial charge in [0, 0.05) is 12.5 Å². The number of nitrogens with one attached hydrogen (secondary N) is 1. The van der Waals surface area contributed by atoms with Crippen LogP contribution in [0.15, 0.2) is 48.5 Å². The van der Waals surface area contributed by atoms with Gasteiger partial charge < -0.3 is 10.1 Å². The van der Waals surface area contributed by atoms with E-state index in [4.69, 9.17) is 4.74 Å². The molecule has 3 aromatic rings. The molecular weight excluding hydrogens is 370 g/mol. The van der Waals surface area contributed by atoms with Crippen molar-refractivity contribution < 1.29 is 9.53 Å². The Labute approximate surface area is 167 Å². The highest BCUT2D eigenvalue weighted by Crippen LogP contribution is 2.36. The highest BCUT2D eigenvalue weighted by atomic mass is 32.1. The van der Waals surface area contributed by atoms with E-state index in [-0.39, 0.29) is 5.91 Å². The number of nitrogens with zero attached hydrogens (tertiary/aromatic N) is 2. The highest BCUT2D eigenvalue weighted by Gasteiger charge is 2.17. The van der Waals surface area contributed by atoms with Crippen LogP contribution in [-0.4, -0.2) is 18.0 Å². The molecule has 1 N–H and O–H groups in total. The molecule has 0 bridgehead atoms. The average molecular weight is 389 g/mol. The first-order chi connectivity index (χ1) is 13.5. The molecule has 1 amide bonds. The van der Waals surface area contributed by atoms with Gasteiger partial charge in [0.15, 0.2) is 0 Å². The normalized spacial score (nSPS) is 11.0. The van der Waals surface area contributed by atoms with E-state index in [1.54, 1.807) is 13.2 Å². The molecule has 0 unspecified atom stereocenters. The molecule has 0 fully saturated rings. The Balaban J connectivity index is 2.04. The van der Waals surface area contributed by atoms with Crippen LogP contribution in [-0.2, 0) is 4.79 Å². The number of hydrogen-bond donors (Lipinski definition) is 1. The van der Waals surface area contributed by atoms with Crippen molar-refractivity contribution in [1.82, 2.24) is 4.98 Å². The van der Waals surface area contributed by atoms with Crippen LogP contribution in [0.3, 0.4) is 0 Å². The van der Waals surface area contributed by atoms with Crippen molar-refractivity contribution in [1.29, 1.82) is 5.26 Å². The van der Waals surface area contributed by atoms with E-state index in [9.17, 15) is 10.1 Å². The van der Waals surface area contributed by atoms with Crippen LogP contribution >= 0.6 is 11.3 Å². The zero-order valence-corrected chi connectivity index (χ0v) is 16.6. The summed E-state index contributed by atoms with van der Waals surface area (Å²) in [4.78, 5) is 16.3. The number of anilines is 1. The second kappa shape index (κ2) is 8.51. The Morgan fingerprint density at radius 1 is 1.18 bits per heavy atom. The van der Waals surface area contributed by atoms with Gasteiger partial charge in [-0.3, -0.25) is 4.79 Å². The zero-order chi connectivity index (χ0) is 20.1. The van der Waals surface area contributed by atoms with Crippen LogP contribution in [0.1, 0.15) is 23.1 Å². The molecule has 0 saturated carbocycles. The SMILES string of the molecule is COc1ccc(/C=C(\C#N)c2nc(-c3ccc(C)cc3)c(NC(C)=O)s2)cc1. The number of carbonyl (C=O) groups is 1. The third-order valence-corrected chi connectivity index (χ3v) is 5.02. The largest absolute Gasteiger partial charge is 0.497 e. The molecule has 3 rings (SSSR count). The van der Waals surface area contributed by atoms with E-state index < -0.39 is 0 Å². The second-order valence-electron chi connectivity index (χ2n) is 6.19. The predicted octanol–water partition coefficient (Wildman–Crippen LogP) is 5.15. The van der Waals surface area contributed by atoms with E-state index in [0.717, 1.165) is 22.4 Å². The quantitative estimate of drug-likeness (QED) is 0.612.